The minimum Gasteiger partial charge on any atom is -0.531 e. The van der Waals surface area contributed by atoms with Crippen molar-refractivity contribution in [2.75, 3.05) is 0 Å². The van der Waals surface area contributed by atoms with Crippen molar-refractivity contribution in [2.24, 2.45) is 23.7 Å². The Labute approximate surface area is 146 Å². The van der Waals surface area contributed by atoms with Crippen LogP contribution in [0.5, 0.6) is 5.75 Å². The number of aromatic nitrogens is 2. The summed E-state index contributed by atoms with van der Waals surface area (Å²) in [5.74, 6) is 4.64. The fraction of sp³-hybridized carbons (Fsp3) is 0.526. The average molecular weight is 336 g/mol. The summed E-state index contributed by atoms with van der Waals surface area (Å²) in [7, 11) is -0.916. The quantitative estimate of drug-likeness (QED) is 0.700. The van der Waals surface area contributed by atoms with Crippen molar-refractivity contribution in [1.82, 2.24) is 9.97 Å². The lowest BCUT2D eigenvalue weighted by Gasteiger charge is -2.59. The standard InChI is InChI=1S/C19H21BN2O3/c23-19-5-10-3-11(6-19)16(12(4-10)7-19)14-8-20(24)25-15-9-22-18-13(17(14)15)1-2-21-18/h1-2,8-12,16,23-24H,3-7H2,(H,21,22)/t10?,11-,12+,16?,19?. The number of nitrogens with one attached hydrogen (secondary N) is 1. The van der Waals surface area contributed by atoms with E-state index in [2.05, 4.69) is 9.97 Å². The SMILES string of the molecule is OB1C=C(C2[C@@H]3CC4C[C@H]2CC(O)(C4)C3)c2c(cnc3[nH]ccc23)O1. The maximum atomic E-state index is 10.9. The Bertz CT molecular complexity index is 891. The largest absolute Gasteiger partial charge is 0.552 e. The Morgan fingerprint density at radius 2 is 2.04 bits per heavy atom. The molecule has 2 aromatic rings. The molecule has 25 heavy (non-hydrogen) atoms. The highest BCUT2D eigenvalue weighted by Gasteiger charge is 2.56. The van der Waals surface area contributed by atoms with Crippen molar-refractivity contribution in [2.45, 2.75) is 37.7 Å². The van der Waals surface area contributed by atoms with Gasteiger partial charge in [-0.3, -0.25) is 0 Å². The molecule has 5 aliphatic rings. The van der Waals surface area contributed by atoms with Crippen LogP contribution in [-0.4, -0.2) is 32.8 Å². The van der Waals surface area contributed by atoms with Gasteiger partial charge in [0.05, 0.1) is 11.8 Å². The molecule has 5 nitrogen and oxygen atoms in total. The van der Waals surface area contributed by atoms with Crippen molar-refractivity contribution >= 4 is 23.7 Å². The van der Waals surface area contributed by atoms with Crippen LogP contribution in [-0.2, 0) is 0 Å². The summed E-state index contributed by atoms with van der Waals surface area (Å²) in [6.45, 7) is 0. The van der Waals surface area contributed by atoms with Crippen LogP contribution in [0.15, 0.2) is 24.4 Å². The molecule has 3 N–H and O–H groups in total. The van der Waals surface area contributed by atoms with Gasteiger partial charge in [0, 0.05) is 17.1 Å². The minimum absolute atomic E-state index is 0.398. The summed E-state index contributed by atoms with van der Waals surface area (Å²) in [5, 5.41) is 22.2. The predicted octanol–water partition coefficient (Wildman–Crippen LogP) is 2.55. The highest BCUT2D eigenvalue weighted by Crippen LogP contribution is 2.62. The monoisotopic (exact) mass is 336 g/mol. The van der Waals surface area contributed by atoms with E-state index in [1.807, 2.05) is 18.2 Å². The van der Waals surface area contributed by atoms with Crippen molar-refractivity contribution in [1.29, 1.82) is 0 Å². The van der Waals surface area contributed by atoms with Gasteiger partial charge in [-0.1, -0.05) is 0 Å². The zero-order chi connectivity index (χ0) is 16.8. The Hall–Kier alpha value is -1.79. The third-order valence-electron chi connectivity index (χ3n) is 7.01. The van der Waals surface area contributed by atoms with E-state index < -0.39 is 12.7 Å². The first kappa shape index (κ1) is 14.4. The van der Waals surface area contributed by atoms with Gasteiger partial charge in [0.1, 0.15) is 11.4 Å². The number of allylic oxidation sites excluding steroid dienone is 1. The molecule has 0 spiro atoms. The summed E-state index contributed by atoms with van der Waals surface area (Å²) in [5.41, 5.74) is 2.70. The van der Waals surface area contributed by atoms with E-state index in [4.69, 9.17) is 4.65 Å². The van der Waals surface area contributed by atoms with E-state index in [-0.39, 0.29) is 0 Å². The lowest BCUT2D eigenvalue weighted by molar-refractivity contribution is -0.139. The number of fused-ring (bicyclic) bond motifs is 3. The number of aromatic amines is 1. The van der Waals surface area contributed by atoms with Crippen LogP contribution in [0, 0.1) is 23.7 Å². The number of hydrogen-bond acceptors (Lipinski definition) is 4. The summed E-state index contributed by atoms with van der Waals surface area (Å²) < 4.78 is 5.66. The fourth-order valence-electron chi connectivity index (χ4n) is 6.54. The van der Waals surface area contributed by atoms with Gasteiger partial charge in [0.15, 0.2) is 0 Å². The third kappa shape index (κ3) is 1.95. The first-order valence-electron chi connectivity index (χ1n) is 9.35. The summed E-state index contributed by atoms with van der Waals surface area (Å²) in [6.07, 6.45) is 8.81. The molecule has 7 rings (SSSR count). The number of pyridine rings is 1. The number of H-pyrrole nitrogens is 1. The highest BCUT2D eigenvalue weighted by atomic mass is 16.5. The smallest absolute Gasteiger partial charge is 0.531 e. The van der Waals surface area contributed by atoms with E-state index in [0.29, 0.717) is 29.4 Å². The Morgan fingerprint density at radius 3 is 2.80 bits per heavy atom. The summed E-state index contributed by atoms with van der Waals surface area (Å²) in [6, 6.07) is 2.04. The molecule has 0 aromatic carbocycles. The molecule has 4 bridgehead atoms. The van der Waals surface area contributed by atoms with E-state index in [9.17, 15) is 10.1 Å². The first-order valence-corrected chi connectivity index (χ1v) is 9.35. The molecule has 0 amide bonds. The maximum Gasteiger partial charge on any atom is 0.552 e. The molecular formula is C19H21BN2O3. The Balaban J connectivity index is 1.52. The summed E-state index contributed by atoms with van der Waals surface area (Å²) in [4.78, 5) is 7.59. The molecule has 4 fully saturated rings. The Kier molecular flexibility index (Phi) is 2.69. The molecule has 4 saturated carbocycles. The second kappa shape index (κ2) is 4.68. The van der Waals surface area contributed by atoms with Gasteiger partial charge in [0.25, 0.3) is 0 Å². The predicted molar refractivity (Wildman–Crippen MR) is 94.7 cm³/mol. The van der Waals surface area contributed by atoms with Gasteiger partial charge in [0.2, 0.25) is 0 Å². The van der Waals surface area contributed by atoms with E-state index >= 15 is 0 Å². The summed E-state index contributed by atoms with van der Waals surface area (Å²) >= 11 is 0. The van der Waals surface area contributed by atoms with Gasteiger partial charge in [-0.05, 0) is 73.4 Å². The van der Waals surface area contributed by atoms with Crippen molar-refractivity contribution < 1.29 is 14.8 Å². The molecule has 2 aromatic heterocycles. The van der Waals surface area contributed by atoms with Crippen molar-refractivity contribution in [3.63, 3.8) is 0 Å². The van der Waals surface area contributed by atoms with Crippen LogP contribution in [0.3, 0.4) is 0 Å². The van der Waals surface area contributed by atoms with Gasteiger partial charge < -0.3 is 19.8 Å². The van der Waals surface area contributed by atoms with E-state index in [1.54, 1.807) is 6.20 Å². The molecule has 3 heterocycles. The van der Waals surface area contributed by atoms with E-state index in [1.165, 1.54) is 18.4 Å². The first-order chi connectivity index (χ1) is 12.1. The minimum atomic E-state index is -0.916. The average Bonchev–Trinajstić information content (AvgIpc) is 3.00. The molecule has 1 aliphatic heterocycles. The zero-order valence-corrected chi connectivity index (χ0v) is 14.0. The zero-order valence-electron chi connectivity index (χ0n) is 14.0. The molecule has 128 valence electrons. The van der Waals surface area contributed by atoms with Crippen LogP contribution >= 0.6 is 0 Å². The normalized spacial score (nSPS) is 38.6. The molecular weight excluding hydrogens is 315 g/mol. The van der Waals surface area contributed by atoms with E-state index in [0.717, 1.165) is 35.9 Å². The third-order valence-corrected chi connectivity index (χ3v) is 7.01. The lowest BCUT2D eigenvalue weighted by Crippen LogP contribution is -2.55. The Morgan fingerprint density at radius 1 is 1.24 bits per heavy atom. The molecule has 0 saturated heterocycles. The maximum absolute atomic E-state index is 10.9. The van der Waals surface area contributed by atoms with Gasteiger partial charge >= 0.3 is 7.12 Å². The molecule has 5 atom stereocenters. The fourth-order valence-corrected chi connectivity index (χ4v) is 6.54. The molecule has 3 unspecified atom stereocenters. The number of rotatable bonds is 1. The van der Waals surface area contributed by atoms with Crippen LogP contribution in [0.25, 0.3) is 16.6 Å². The van der Waals surface area contributed by atoms with Crippen LogP contribution in [0.4, 0.5) is 0 Å². The highest BCUT2D eigenvalue weighted by molar-refractivity contribution is 6.52. The van der Waals surface area contributed by atoms with Crippen LogP contribution in [0.2, 0.25) is 0 Å². The number of nitrogens with zero attached hydrogens (tertiary/aromatic N) is 1. The second-order valence-electron chi connectivity index (χ2n) is 8.59. The van der Waals surface area contributed by atoms with Gasteiger partial charge in [-0.15, -0.1) is 0 Å². The van der Waals surface area contributed by atoms with Gasteiger partial charge in [-0.2, -0.15) is 0 Å². The molecule has 6 heteroatoms. The van der Waals surface area contributed by atoms with Crippen molar-refractivity contribution in [3.8, 4) is 5.75 Å². The van der Waals surface area contributed by atoms with Gasteiger partial charge in [-0.25, -0.2) is 4.98 Å². The van der Waals surface area contributed by atoms with Crippen LogP contribution in [0.1, 0.15) is 37.7 Å². The van der Waals surface area contributed by atoms with Crippen molar-refractivity contribution in [3.05, 3.63) is 30.0 Å². The van der Waals surface area contributed by atoms with Crippen LogP contribution < -0.4 is 4.65 Å². The number of hydrogen-bond donors (Lipinski definition) is 3. The topological polar surface area (TPSA) is 78.4 Å². The lowest BCUT2D eigenvalue weighted by atomic mass is 9.48. The second-order valence-corrected chi connectivity index (χ2v) is 8.59. The molecule has 4 aliphatic carbocycles. The number of aliphatic hydroxyl groups is 1. The molecule has 0 radical (unpaired) electrons.